The molecule has 15 heavy (non-hydrogen) atoms. The van der Waals surface area contributed by atoms with Crippen LogP contribution >= 0.6 is 0 Å². The number of hydrogen-bond donors (Lipinski definition) is 2. The quantitative estimate of drug-likeness (QED) is 0.633. The van der Waals surface area contributed by atoms with Crippen molar-refractivity contribution in [1.29, 1.82) is 0 Å². The highest BCUT2D eigenvalue weighted by molar-refractivity contribution is 4.73. The maximum atomic E-state index is 9.50. The molecule has 1 aliphatic rings. The number of nitrogens with one attached hydrogen (secondary N) is 1. The minimum atomic E-state index is -0.0472. The summed E-state index contributed by atoms with van der Waals surface area (Å²) in [7, 11) is 0. The largest absolute Gasteiger partial charge is 0.393 e. The first-order valence-electron chi connectivity index (χ1n) is 6.29. The fourth-order valence-electron chi connectivity index (χ4n) is 2.20. The zero-order chi connectivity index (χ0) is 10.9. The summed E-state index contributed by atoms with van der Waals surface area (Å²) in [4.78, 5) is 0. The van der Waals surface area contributed by atoms with Crippen molar-refractivity contribution in [2.75, 3.05) is 26.3 Å². The van der Waals surface area contributed by atoms with Gasteiger partial charge in [0.25, 0.3) is 0 Å². The second-order valence-corrected chi connectivity index (χ2v) is 4.44. The Labute approximate surface area is 93.2 Å². The van der Waals surface area contributed by atoms with Gasteiger partial charge in [0, 0.05) is 13.2 Å². The van der Waals surface area contributed by atoms with Gasteiger partial charge in [-0.05, 0) is 51.6 Å². The molecule has 0 heterocycles. The molecule has 0 radical (unpaired) electrons. The molecule has 0 amide bonds. The highest BCUT2D eigenvalue weighted by Crippen LogP contribution is 2.23. The molecule has 0 aromatic heterocycles. The van der Waals surface area contributed by atoms with E-state index in [2.05, 4.69) is 5.32 Å². The van der Waals surface area contributed by atoms with Gasteiger partial charge in [-0.15, -0.1) is 0 Å². The van der Waals surface area contributed by atoms with E-state index < -0.39 is 0 Å². The zero-order valence-corrected chi connectivity index (χ0v) is 9.87. The number of aliphatic hydroxyl groups is 1. The van der Waals surface area contributed by atoms with Crippen LogP contribution in [0.4, 0.5) is 0 Å². The monoisotopic (exact) mass is 215 g/mol. The highest BCUT2D eigenvalue weighted by atomic mass is 16.5. The summed E-state index contributed by atoms with van der Waals surface area (Å²) in [6.45, 7) is 5.79. The molecule has 0 bridgehead atoms. The lowest BCUT2D eigenvalue weighted by molar-refractivity contribution is 0.0999. The predicted molar refractivity (Wildman–Crippen MR) is 61.9 cm³/mol. The molecule has 0 saturated heterocycles. The van der Waals surface area contributed by atoms with Crippen LogP contribution in [0.1, 0.15) is 39.0 Å². The maximum Gasteiger partial charge on any atom is 0.0543 e. The Morgan fingerprint density at radius 2 is 2.27 bits per heavy atom. The van der Waals surface area contributed by atoms with Gasteiger partial charge in [-0.2, -0.15) is 0 Å². The minimum Gasteiger partial charge on any atom is -0.393 e. The van der Waals surface area contributed by atoms with Crippen LogP contribution in [-0.2, 0) is 4.74 Å². The Balaban J connectivity index is 1.90. The van der Waals surface area contributed by atoms with E-state index in [1.807, 2.05) is 6.92 Å². The van der Waals surface area contributed by atoms with Crippen LogP contribution in [0.15, 0.2) is 0 Å². The second kappa shape index (κ2) is 8.08. The van der Waals surface area contributed by atoms with Gasteiger partial charge in [-0.25, -0.2) is 0 Å². The lowest BCUT2D eigenvalue weighted by Crippen LogP contribution is -2.30. The van der Waals surface area contributed by atoms with Gasteiger partial charge in [-0.1, -0.05) is 6.42 Å². The smallest absolute Gasteiger partial charge is 0.0543 e. The van der Waals surface area contributed by atoms with Crippen molar-refractivity contribution in [3.8, 4) is 0 Å². The van der Waals surface area contributed by atoms with Gasteiger partial charge in [-0.3, -0.25) is 0 Å². The molecule has 0 aromatic carbocycles. The summed E-state index contributed by atoms with van der Waals surface area (Å²) in [6, 6.07) is 0. The van der Waals surface area contributed by atoms with Crippen molar-refractivity contribution in [3.05, 3.63) is 0 Å². The van der Waals surface area contributed by atoms with Crippen LogP contribution in [0, 0.1) is 5.92 Å². The van der Waals surface area contributed by atoms with E-state index in [0.717, 1.165) is 45.6 Å². The summed E-state index contributed by atoms with van der Waals surface area (Å²) in [5.41, 5.74) is 0. The zero-order valence-electron chi connectivity index (χ0n) is 9.87. The molecule has 2 N–H and O–H groups in total. The number of hydrogen-bond acceptors (Lipinski definition) is 3. The number of rotatable bonds is 7. The van der Waals surface area contributed by atoms with E-state index in [4.69, 9.17) is 4.74 Å². The molecule has 1 saturated carbocycles. The first-order valence-corrected chi connectivity index (χ1v) is 6.29. The third-order valence-corrected chi connectivity index (χ3v) is 3.03. The van der Waals surface area contributed by atoms with Gasteiger partial charge in [0.15, 0.2) is 0 Å². The number of ether oxygens (including phenoxy) is 1. The van der Waals surface area contributed by atoms with E-state index >= 15 is 0 Å². The Morgan fingerprint density at radius 3 is 3.00 bits per heavy atom. The van der Waals surface area contributed by atoms with Crippen LogP contribution in [0.5, 0.6) is 0 Å². The minimum absolute atomic E-state index is 0.0472. The molecule has 2 unspecified atom stereocenters. The van der Waals surface area contributed by atoms with Crippen molar-refractivity contribution in [2.45, 2.75) is 45.1 Å². The first-order chi connectivity index (χ1) is 7.33. The average Bonchev–Trinajstić information content (AvgIpc) is 2.23. The maximum absolute atomic E-state index is 9.50. The van der Waals surface area contributed by atoms with E-state index in [-0.39, 0.29) is 6.10 Å². The normalized spacial score (nSPS) is 26.8. The Bertz CT molecular complexity index is 153. The van der Waals surface area contributed by atoms with E-state index in [9.17, 15) is 5.11 Å². The molecule has 1 fully saturated rings. The lowest BCUT2D eigenvalue weighted by atomic mass is 9.87. The van der Waals surface area contributed by atoms with Crippen molar-refractivity contribution < 1.29 is 9.84 Å². The van der Waals surface area contributed by atoms with Gasteiger partial charge in [0.1, 0.15) is 0 Å². The Hall–Kier alpha value is -0.120. The highest BCUT2D eigenvalue weighted by Gasteiger charge is 2.19. The summed E-state index contributed by atoms with van der Waals surface area (Å²) >= 11 is 0. The van der Waals surface area contributed by atoms with Gasteiger partial charge >= 0.3 is 0 Å². The van der Waals surface area contributed by atoms with Crippen LogP contribution in [0.25, 0.3) is 0 Å². The lowest BCUT2D eigenvalue weighted by Gasteiger charge is -2.25. The first kappa shape index (κ1) is 12.9. The van der Waals surface area contributed by atoms with Gasteiger partial charge in [0.05, 0.1) is 6.10 Å². The average molecular weight is 215 g/mol. The molecule has 3 heteroatoms. The third-order valence-electron chi connectivity index (χ3n) is 3.03. The topological polar surface area (TPSA) is 41.5 Å². The molecule has 2 atom stereocenters. The van der Waals surface area contributed by atoms with E-state index in [1.54, 1.807) is 0 Å². The Morgan fingerprint density at radius 1 is 1.40 bits per heavy atom. The second-order valence-electron chi connectivity index (χ2n) is 4.44. The summed E-state index contributed by atoms with van der Waals surface area (Å²) < 4.78 is 5.26. The van der Waals surface area contributed by atoms with Crippen molar-refractivity contribution in [1.82, 2.24) is 5.32 Å². The van der Waals surface area contributed by atoms with Crippen LogP contribution in [0.3, 0.4) is 0 Å². The van der Waals surface area contributed by atoms with Crippen LogP contribution in [0.2, 0.25) is 0 Å². The predicted octanol–water partition coefficient (Wildman–Crippen LogP) is 1.55. The van der Waals surface area contributed by atoms with Crippen LogP contribution in [-0.4, -0.2) is 37.5 Å². The molecule has 3 nitrogen and oxygen atoms in total. The molecule has 0 aromatic rings. The third kappa shape index (κ3) is 6.13. The summed E-state index contributed by atoms with van der Waals surface area (Å²) in [5.74, 6) is 0.681. The van der Waals surface area contributed by atoms with Crippen molar-refractivity contribution in [2.24, 2.45) is 5.92 Å². The molecule has 1 rings (SSSR count). The molecular formula is C12H25NO2. The molecule has 1 aliphatic carbocycles. The van der Waals surface area contributed by atoms with Crippen molar-refractivity contribution >= 4 is 0 Å². The fourth-order valence-corrected chi connectivity index (χ4v) is 2.20. The summed E-state index contributed by atoms with van der Waals surface area (Å²) in [5, 5.41) is 12.9. The molecule has 0 spiro atoms. The van der Waals surface area contributed by atoms with Crippen molar-refractivity contribution in [3.63, 3.8) is 0 Å². The van der Waals surface area contributed by atoms with E-state index in [1.165, 1.54) is 12.8 Å². The van der Waals surface area contributed by atoms with Gasteiger partial charge < -0.3 is 15.2 Å². The number of aliphatic hydroxyl groups excluding tert-OH is 1. The Kier molecular flexibility index (Phi) is 6.98. The van der Waals surface area contributed by atoms with Gasteiger partial charge in [0.2, 0.25) is 0 Å². The SMILES string of the molecule is CCOCCCNCC1CCCC(O)C1. The summed E-state index contributed by atoms with van der Waals surface area (Å²) in [6.07, 6.45) is 5.48. The van der Waals surface area contributed by atoms with Crippen LogP contribution < -0.4 is 5.32 Å². The van der Waals surface area contributed by atoms with E-state index in [0.29, 0.717) is 5.92 Å². The standard InChI is InChI=1S/C12H25NO2/c1-2-15-8-4-7-13-10-11-5-3-6-12(14)9-11/h11-14H,2-10H2,1H3. The fraction of sp³-hybridized carbons (Fsp3) is 1.00. The molecule has 0 aliphatic heterocycles. The molecular weight excluding hydrogens is 190 g/mol. The molecule has 90 valence electrons.